The average molecular weight is 278 g/mol. The highest BCUT2D eigenvalue weighted by atomic mass is 16.5. The van der Waals surface area contributed by atoms with E-state index in [-0.39, 0.29) is 23.4 Å². The molecule has 0 unspecified atom stereocenters. The van der Waals surface area contributed by atoms with Crippen LogP contribution < -0.4 is 5.73 Å². The summed E-state index contributed by atoms with van der Waals surface area (Å²) in [6, 6.07) is 0. The minimum Gasteiger partial charge on any atom is -0.422 e. The largest absolute Gasteiger partial charge is 0.422 e. The van der Waals surface area contributed by atoms with Gasteiger partial charge in [0.2, 0.25) is 11.8 Å². The van der Waals surface area contributed by atoms with Crippen LogP contribution in [0.25, 0.3) is 0 Å². The van der Waals surface area contributed by atoms with Crippen molar-refractivity contribution in [3.05, 3.63) is 29.3 Å². The van der Waals surface area contributed by atoms with Crippen molar-refractivity contribution in [1.82, 2.24) is 15.4 Å². The molecule has 0 aromatic carbocycles. The summed E-state index contributed by atoms with van der Waals surface area (Å²) in [5, 5.41) is 20.7. The van der Waals surface area contributed by atoms with E-state index in [4.69, 9.17) is 14.7 Å². The Labute approximate surface area is 114 Å². The van der Waals surface area contributed by atoms with Crippen LogP contribution in [0.2, 0.25) is 0 Å². The molecule has 0 spiro atoms. The van der Waals surface area contributed by atoms with Gasteiger partial charge in [-0.2, -0.15) is 0 Å². The summed E-state index contributed by atoms with van der Waals surface area (Å²) in [5.74, 6) is 0.401. The van der Waals surface area contributed by atoms with E-state index in [2.05, 4.69) is 15.4 Å². The third-order valence-electron chi connectivity index (χ3n) is 3.57. The van der Waals surface area contributed by atoms with Gasteiger partial charge >= 0.3 is 0 Å². The van der Waals surface area contributed by atoms with Crippen LogP contribution in [0.5, 0.6) is 0 Å². The van der Waals surface area contributed by atoms with Crippen molar-refractivity contribution >= 4 is 5.91 Å². The molecule has 3 N–H and O–H groups in total. The third kappa shape index (κ3) is 2.07. The minimum atomic E-state index is -0.772. The molecule has 0 saturated heterocycles. The van der Waals surface area contributed by atoms with E-state index in [1.165, 1.54) is 6.26 Å². The van der Waals surface area contributed by atoms with Crippen LogP contribution >= 0.6 is 0 Å². The number of hydrogen-bond donors (Lipinski definition) is 2. The van der Waals surface area contributed by atoms with Gasteiger partial charge in [-0.25, -0.2) is 0 Å². The lowest BCUT2D eigenvalue weighted by Gasteiger charge is -2.32. The molecule has 20 heavy (non-hydrogen) atoms. The summed E-state index contributed by atoms with van der Waals surface area (Å²) >= 11 is 0. The summed E-state index contributed by atoms with van der Waals surface area (Å²) in [6.07, 6.45) is 2.19. The van der Waals surface area contributed by atoms with E-state index in [0.29, 0.717) is 5.89 Å². The molecule has 1 fully saturated rings. The van der Waals surface area contributed by atoms with Crippen LogP contribution in [-0.2, 0) is 0 Å². The van der Waals surface area contributed by atoms with E-state index in [1.807, 2.05) is 0 Å². The lowest BCUT2D eigenvalue weighted by molar-refractivity contribution is 0.0989. The zero-order valence-corrected chi connectivity index (χ0v) is 10.8. The highest BCUT2D eigenvalue weighted by Gasteiger charge is 2.38. The lowest BCUT2D eigenvalue weighted by Crippen LogP contribution is -2.23. The van der Waals surface area contributed by atoms with Crippen molar-refractivity contribution < 1.29 is 18.8 Å². The van der Waals surface area contributed by atoms with Crippen LogP contribution in [0.3, 0.4) is 0 Å². The average Bonchev–Trinajstić information content (AvgIpc) is 2.95. The second kappa shape index (κ2) is 4.71. The van der Waals surface area contributed by atoms with Gasteiger partial charge in [0.05, 0.1) is 0 Å². The zero-order chi connectivity index (χ0) is 14.3. The Kier molecular flexibility index (Phi) is 3.01. The molecule has 8 heteroatoms. The fourth-order valence-electron chi connectivity index (χ4n) is 2.37. The van der Waals surface area contributed by atoms with Crippen LogP contribution in [-0.4, -0.2) is 26.4 Å². The zero-order valence-electron chi connectivity index (χ0n) is 10.8. The molecule has 2 aromatic heterocycles. The van der Waals surface area contributed by atoms with Gasteiger partial charge in [0.1, 0.15) is 12.4 Å². The fourth-order valence-corrected chi connectivity index (χ4v) is 2.37. The van der Waals surface area contributed by atoms with Crippen molar-refractivity contribution in [2.45, 2.75) is 37.7 Å². The highest BCUT2D eigenvalue weighted by Crippen LogP contribution is 2.47. The van der Waals surface area contributed by atoms with Gasteiger partial charge < -0.3 is 19.8 Å². The molecule has 0 bridgehead atoms. The van der Waals surface area contributed by atoms with Gasteiger partial charge in [-0.15, -0.1) is 10.2 Å². The van der Waals surface area contributed by atoms with Crippen LogP contribution in [0.15, 0.2) is 15.2 Å². The topological polar surface area (TPSA) is 128 Å². The van der Waals surface area contributed by atoms with Crippen molar-refractivity contribution in [2.75, 3.05) is 0 Å². The summed E-state index contributed by atoms with van der Waals surface area (Å²) in [6.45, 7) is 1.57. The van der Waals surface area contributed by atoms with Crippen molar-refractivity contribution in [3.63, 3.8) is 0 Å². The first-order valence-corrected chi connectivity index (χ1v) is 6.31. The summed E-state index contributed by atoms with van der Waals surface area (Å²) in [7, 11) is 0. The monoisotopic (exact) mass is 278 g/mol. The fraction of sp³-hybridized carbons (Fsp3) is 0.500. The third-order valence-corrected chi connectivity index (χ3v) is 3.57. The number of carbonyl (C=O) groups is 1. The molecular weight excluding hydrogens is 264 g/mol. The van der Waals surface area contributed by atoms with Gasteiger partial charge in [0.25, 0.3) is 5.91 Å². The van der Waals surface area contributed by atoms with E-state index in [9.17, 15) is 9.90 Å². The van der Waals surface area contributed by atoms with Crippen molar-refractivity contribution in [2.24, 2.45) is 5.73 Å². The molecule has 1 aliphatic rings. The quantitative estimate of drug-likeness (QED) is 0.848. The van der Waals surface area contributed by atoms with Gasteiger partial charge in [-0.1, -0.05) is 5.16 Å². The molecule has 1 atom stereocenters. The van der Waals surface area contributed by atoms with Crippen molar-refractivity contribution in [3.8, 4) is 0 Å². The standard InChI is InChI=1S/C12H14N4O4/c1-5(17)11-14-15-12(20-11)7-2-6(3-7)8-4-19-16-9(8)10(13)18/h4-7,17H,2-3H2,1H3,(H2,13,18)/t5-,6?,7?/m1/s1. The number of aromatic nitrogens is 3. The number of nitrogens with two attached hydrogens (primary N) is 1. The number of nitrogens with zero attached hydrogens (tertiary/aromatic N) is 3. The van der Waals surface area contributed by atoms with Gasteiger partial charge in [0, 0.05) is 11.5 Å². The highest BCUT2D eigenvalue weighted by molar-refractivity contribution is 5.92. The second-order valence-corrected chi connectivity index (χ2v) is 5.00. The van der Waals surface area contributed by atoms with Crippen LogP contribution in [0.4, 0.5) is 0 Å². The normalized spacial score (nSPS) is 23.3. The molecular formula is C12H14N4O4. The molecule has 0 radical (unpaired) electrons. The van der Waals surface area contributed by atoms with E-state index >= 15 is 0 Å². The number of aliphatic hydroxyl groups is 1. The Balaban J connectivity index is 1.69. The maximum absolute atomic E-state index is 11.2. The minimum absolute atomic E-state index is 0.121. The molecule has 8 nitrogen and oxygen atoms in total. The second-order valence-electron chi connectivity index (χ2n) is 5.00. The first-order chi connectivity index (χ1) is 9.56. The molecule has 2 heterocycles. The van der Waals surface area contributed by atoms with E-state index in [0.717, 1.165) is 18.4 Å². The molecule has 106 valence electrons. The number of carbonyl (C=O) groups excluding carboxylic acids is 1. The predicted molar refractivity (Wildman–Crippen MR) is 64.7 cm³/mol. The lowest BCUT2D eigenvalue weighted by atomic mass is 9.71. The maximum Gasteiger partial charge on any atom is 0.271 e. The number of hydrogen-bond acceptors (Lipinski definition) is 7. The SMILES string of the molecule is C[C@@H](O)c1nnc(C2CC(c3conc3C(N)=O)C2)o1. The number of primary amides is 1. The molecule has 1 aliphatic carbocycles. The number of rotatable bonds is 4. The predicted octanol–water partition coefficient (Wildman–Crippen LogP) is 0.871. The van der Waals surface area contributed by atoms with E-state index in [1.54, 1.807) is 6.92 Å². The Morgan fingerprint density at radius 3 is 2.80 bits per heavy atom. The first-order valence-electron chi connectivity index (χ1n) is 6.31. The summed E-state index contributed by atoms with van der Waals surface area (Å²) in [4.78, 5) is 11.2. The van der Waals surface area contributed by atoms with Gasteiger partial charge in [0.15, 0.2) is 5.69 Å². The summed E-state index contributed by atoms with van der Waals surface area (Å²) in [5.41, 5.74) is 6.14. The smallest absolute Gasteiger partial charge is 0.271 e. The Bertz CT molecular complexity index is 627. The number of amides is 1. The van der Waals surface area contributed by atoms with Crippen molar-refractivity contribution in [1.29, 1.82) is 0 Å². The Hall–Kier alpha value is -2.22. The maximum atomic E-state index is 11.2. The van der Waals surface area contributed by atoms with Gasteiger partial charge in [-0.05, 0) is 25.7 Å². The van der Waals surface area contributed by atoms with Gasteiger partial charge in [-0.3, -0.25) is 4.79 Å². The Morgan fingerprint density at radius 1 is 1.45 bits per heavy atom. The number of aliphatic hydroxyl groups excluding tert-OH is 1. The molecule has 2 aromatic rings. The first kappa shape index (κ1) is 12.8. The summed E-state index contributed by atoms with van der Waals surface area (Å²) < 4.78 is 10.2. The molecule has 0 aliphatic heterocycles. The van der Waals surface area contributed by atoms with E-state index < -0.39 is 12.0 Å². The molecule has 1 amide bonds. The van der Waals surface area contributed by atoms with Crippen LogP contribution in [0, 0.1) is 0 Å². The molecule has 1 saturated carbocycles. The molecule has 3 rings (SSSR count). The Morgan fingerprint density at radius 2 is 2.20 bits per heavy atom. The van der Waals surface area contributed by atoms with Crippen LogP contribution in [0.1, 0.15) is 65.5 Å².